The predicted molar refractivity (Wildman–Crippen MR) is 74.7 cm³/mol. The minimum Gasteiger partial charge on any atom is -0.397 e. The van der Waals surface area contributed by atoms with Crippen LogP contribution in [-0.2, 0) is 0 Å². The van der Waals surface area contributed by atoms with Crippen molar-refractivity contribution in [2.45, 2.75) is 19.9 Å². The van der Waals surface area contributed by atoms with Crippen LogP contribution in [0.25, 0.3) is 0 Å². The van der Waals surface area contributed by atoms with E-state index in [0.717, 1.165) is 10.7 Å². The number of nitrogens with zero attached hydrogens (tertiary/aromatic N) is 1. The molecule has 0 spiro atoms. The van der Waals surface area contributed by atoms with Gasteiger partial charge < -0.3 is 11.1 Å². The summed E-state index contributed by atoms with van der Waals surface area (Å²) in [6.45, 7) is 3.88. The molecule has 0 radical (unpaired) electrons. The number of aromatic nitrogens is 1. The molecule has 1 heterocycles. The number of nitrogen functional groups attached to an aromatic ring is 1. The number of aryl methyl sites for hydroxylation is 1. The average Bonchev–Trinajstić information content (AvgIpc) is 2.73. The minimum absolute atomic E-state index is 0.0239. The molecule has 1 atom stereocenters. The number of nitrogens with two attached hydrogens (primary N) is 1. The first-order valence-electron chi connectivity index (χ1n) is 5.40. The zero-order chi connectivity index (χ0) is 13.3. The van der Waals surface area contributed by atoms with Gasteiger partial charge in [-0.3, -0.25) is 0 Å². The van der Waals surface area contributed by atoms with E-state index in [-0.39, 0.29) is 11.1 Å². The second-order valence-corrected chi connectivity index (χ2v) is 5.34. The van der Waals surface area contributed by atoms with Gasteiger partial charge >= 0.3 is 0 Å². The van der Waals surface area contributed by atoms with Crippen molar-refractivity contribution in [1.29, 1.82) is 0 Å². The van der Waals surface area contributed by atoms with Gasteiger partial charge in [0.2, 0.25) is 0 Å². The first kappa shape index (κ1) is 13.1. The number of thiazole rings is 1. The number of halogens is 2. The zero-order valence-electron chi connectivity index (χ0n) is 10.00. The van der Waals surface area contributed by atoms with Gasteiger partial charge in [0, 0.05) is 17.1 Å². The van der Waals surface area contributed by atoms with E-state index in [1.807, 2.05) is 19.2 Å². The van der Waals surface area contributed by atoms with E-state index in [9.17, 15) is 4.39 Å². The van der Waals surface area contributed by atoms with Crippen molar-refractivity contribution in [1.82, 2.24) is 4.98 Å². The van der Waals surface area contributed by atoms with Crippen molar-refractivity contribution in [3.8, 4) is 0 Å². The van der Waals surface area contributed by atoms with Crippen molar-refractivity contribution >= 4 is 34.3 Å². The van der Waals surface area contributed by atoms with E-state index in [0.29, 0.717) is 11.4 Å². The number of nitrogens with one attached hydrogen (secondary N) is 1. The number of hydrogen-bond acceptors (Lipinski definition) is 4. The topological polar surface area (TPSA) is 50.9 Å². The highest BCUT2D eigenvalue weighted by molar-refractivity contribution is 7.09. The third-order valence-corrected chi connectivity index (χ3v) is 3.91. The molecule has 96 valence electrons. The Hall–Kier alpha value is -1.33. The van der Waals surface area contributed by atoms with Gasteiger partial charge in [0.25, 0.3) is 0 Å². The maximum absolute atomic E-state index is 13.4. The van der Waals surface area contributed by atoms with Crippen LogP contribution in [0.3, 0.4) is 0 Å². The summed E-state index contributed by atoms with van der Waals surface area (Å²) < 4.78 is 13.4. The Morgan fingerprint density at radius 2 is 2.22 bits per heavy atom. The van der Waals surface area contributed by atoms with Gasteiger partial charge in [-0.05, 0) is 19.9 Å². The molecule has 0 saturated carbocycles. The average molecular weight is 286 g/mol. The van der Waals surface area contributed by atoms with Gasteiger partial charge in [-0.1, -0.05) is 11.6 Å². The molecule has 1 aromatic carbocycles. The highest BCUT2D eigenvalue weighted by Crippen LogP contribution is 2.29. The number of hydrogen-bond donors (Lipinski definition) is 2. The van der Waals surface area contributed by atoms with Gasteiger partial charge in [-0.2, -0.15) is 0 Å². The SMILES string of the molecule is Cc1csc(C(C)Nc2cc(F)c(Cl)cc2N)n1. The maximum Gasteiger partial charge on any atom is 0.143 e. The van der Waals surface area contributed by atoms with E-state index >= 15 is 0 Å². The van der Waals surface area contributed by atoms with Gasteiger partial charge in [0.05, 0.1) is 22.4 Å². The molecule has 18 heavy (non-hydrogen) atoms. The summed E-state index contributed by atoms with van der Waals surface area (Å²) in [7, 11) is 0. The molecule has 1 unspecified atom stereocenters. The van der Waals surface area contributed by atoms with Gasteiger partial charge in [-0.25, -0.2) is 9.37 Å². The molecule has 1 aromatic heterocycles. The lowest BCUT2D eigenvalue weighted by Gasteiger charge is -2.15. The molecule has 6 heteroatoms. The Labute approximate surface area is 114 Å². The molecule has 0 amide bonds. The molecule has 0 bridgehead atoms. The second-order valence-electron chi connectivity index (χ2n) is 4.05. The number of anilines is 2. The fourth-order valence-electron chi connectivity index (χ4n) is 1.55. The van der Waals surface area contributed by atoms with E-state index in [1.165, 1.54) is 12.1 Å². The van der Waals surface area contributed by atoms with Crippen molar-refractivity contribution in [3.63, 3.8) is 0 Å². The largest absolute Gasteiger partial charge is 0.397 e. The summed E-state index contributed by atoms with van der Waals surface area (Å²) in [5.74, 6) is -0.490. The molecule has 3 N–H and O–H groups in total. The van der Waals surface area contributed by atoms with E-state index in [2.05, 4.69) is 10.3 Å². The van der Waals surface area contributed by atoms with Crippen LogP contribution in [0.4, 0.5) is 15.8 Å². The molecular weight excluding hydrogens is 273 g/mol. The van der Waals surface area contributed by atoms with Crippen LogP contribution in [0.15, 0.2) is 17.5 Å². The van der Waals surface area contributed by atoms with Crippen LogP contribution >= 0.6 is 22.9 Å². The van der Waals surface area contributed by atoms with Crippen LogP contribution in [0.5, 0.6) is 0 Å². The molecule has 2 aromatic rings. The zero-order valence-corrected chi connectivity index (χ0v) is 11.6. The van der Waals surface area contributed by atoms with Crippen LogP contribution in [0.2, 0.25) is 5.02 Å². The quantitative estimate of drug-likeness (QED) is 0.838. The van der Waals surface area contributed by atoms with Crippen LogP contribution in [0.1, 0.15) is 23.7 Å². The molecule has 0 aliphatic rings. The Morgan fingerprint density at radius 3 is 2.83 bits per heavy atom. The van der Waals surface area contributed by atoms with E-state index in [4.69, 9.17) is 17.3 Å². The molecule has 0 saturated heterocycles. The smallest absolute Gasteiger partial charge is 0.143 e. The van der Waals surface area contributed by atoms with Crippen LogP contribution in [0, 0.1) is 12.7 Å². The van der Waals surface area contributed by atoms with Crippen molar-refractivity contribution in [3.05, 3.63) is 39.1 Å². The highest BCUT2D eigenvalue weighted by Gasteiger charge is 2.12. The Bertz CT molecular complexity index is 570. The minimum atomic E-state index is -0.490. The number of benzene rings is 1. The summed E-state index contributed by atoms with van der Waals surface area (Å²) in [4.78, 5) is 4.37. The first-order chi connectivity index (χ1) is 8.47. The lowest BCUT2D eigenvalue weighted by atomic mass is 10.2. The summed E-state index contributed by atoms with van der Waals surface area (Å²) in [5.41, 5.74) is 7.71. The standard InChI is InChI=1S/C12H13ClFN3S/c1-6-5-18-12(16-6)7(2)17-11-4-9(14)8(13)3-10(11)15/h3-5,7,17H,15H2,1-2H3. The fraction of sp³-hybridized carbons (Fsp3) is 0.250. The van der Waals surface area contributed by atoms with E-state index in [1.54, 1.807) is 11.3 Å². The van der Waals surface area contributed by atoms with Crippen molar-refractivity contribution in [2.24, 2.45) is 0 Å². The third kappa shape index (κ3) is 2.73. The molecule has 0 aliphatic heterocycles. The summed E-state index contributed by atoms with van der Waals surface area (Å²) >= 11 is 7.21. The highest BCUT2D eigenvalue weighted by atomic mass is 35.5. The van der Waals surface area contributed by atoms with Crippen LogP contribution in [-0.4, -0.2) is 4.98 Å². The van der Waals surface area contributed by atoms with Crippen molar-refractivity contribution < 1.29 is 4.39 Å². The third-order valence-electron chi connectivity index (χ3n) is 2.47. The fourth-order valence-corrected chi connectivity index (χ4v) is 2.53. The molecule has 2 rings (SSSR count). The molecule has 0 aliphatic carbocycles. The first-order valence-corrected chi connectivity index (χ1v) is 6.66. The van der Waals surface area contributed by atoms with E-state index < -0.39 is 5.82 Å². The lowest BCUT2D eigenvalue weighted by molar-refractivity contribution is 0.628. The van der Waals surface area contributed by atoms with Gasteiger partial charge in [0.15, 0.2) is 0 Å². The number of rotatable bonds is 3. The summed E-state index contributed by atoms with van der Waals surface area (Å²) in [6, 6.07) is 2.67. The maximum atomic E-state index is 13.4. The summed E-state index contributed by atoms with van der Waals surface area (Å²) in [6.07, 6.45) is 0. The lowest BCUT2D eigenvalue weighted by Crippen LogP contribution is -2.08. The van der Waals surface area contributed by atoms with Gasteiger partial charge in [-0.15, -0.1) is 11.3 Å². The van der Waals surface area contributed by atoms with Gasteiger partial charge in [0.1, 0.15) is 10.8 Å². The van der Waals surface area contributed by atoms with Crippen LogP contribution < -0.4 is 11.1 Å². The monoisotopic (exact) mass is 285 g/mol. The Balaban J connectivity index is 2.21. The normalized spacial score (nSPS) is 12.4. The summed E-state index contributed by atoms with van der Waals surface area (Å²) in [5, 5.41) is 6.06. The molecule has 3 nitrogen and oxygen atoms in total. The molecule has 0 fully saturated rings. The van der Waals surface area contributed by atoms with Crippen molar-refractivity contribution in [2.75, 3.05) is 11.1 Å². The molecular formula is C12H13ClFN3S. The predicted octanol–water partition coefficient (Wildman–Crippen LogP) is 4.00. The Morgan fingerprint density at radius 1 is 1.50 bits per heavy atom. The second kappa shape index (κ2) is 5.12. The Kier molecular flexibility index (Phi) is 3.73.